The van der Waals surface area contributed by atoms with Gasteiger partial charge in [0.1, 0.15) is 29.3 Å². The number of fused-ring (bicyclic) bond motifs is 2. The minimum atomic E-state index is -3.85. The third-order valence-electron chi connectivity index (χ3n) is 11.5. The SMILES string of the molecule is CNC(=O)[C@H]1CCCC[C@H]1C(=O)N1CCc2cccc(O[C@H]3CCN(S(=O)(=O)c4cnoc4C)C3)c2[C@H]1C1C[N+]12C(=O)c1ccccc1C2=O. The fraction of sp³-hybridized carbons (Fsp3) is 0.472. The molecular formula is C36H40N5O8S+. The highest BCUT2D eigenvalue weighted by atomic mass is 32.2. The molecule has 1 spiro atoms. The van der Waals surface area contributed by atoms with Gasteiger partial charge < -0.3 is 19.5 Å². The molecule has 0 radical (unpaired) electrons. The summed E-state index contributed by atoms with van der Waals surface area (Å²) < 4.78 is 39.4. The van der Waals surface area contributed by atoms with Crippen LogP contribution in [0.5, 0.6) is 5.75 Å². The van der Waals surface area contributed by atoms with Crippen molar-refractivity contribution < 1.29 is 41.3 Å². The van der Waals surface area contributed by atoms with E-state index in [4.69, 9.17) is 9.26 Å². The fourth-order valence-electron chi connectivity index (χ4n) is 8.87. The van der Waals surface area contributed by atoms with Crippen molar-refractivity contribution in [1.82, 2.24) is 19.7 Å². The molecule has 13 nitrogen and oxygen atoms in total. The van der Waals surface area contributed by atoms with Crippen molar-refractivity contribution in [2.45, 2.75) is 68.5 Å². The molecule has 14 heteroatoms. The number of aromatic nitrogens is 1. The van der Waals surface area contributed by atoms with Gasteiger partial charge in [0.25, 0.3) is 0 Å². The lowest BCUT2D eigenvalue weighted by Crippen LogP contribution is -2.51. The number of ether oxygens (including phenoxy) is 1. The zero-order valence-corrected chi connectivity index (χ0v) is 28.9. The summed E-state index contributed by atoms with van der Waals surface area (Å²) in [5.74, 6) is -1.10. The normalized spacial score (nSPS) is 27.2. The Hall–Kier alpha value is -4.40. The second-order valence-electron chi connectivity index (χ2n) is 14.1. The van der Waals surface area contributed by atoms with Crippen LogP contribution in [0.1, 0.15) is 75.7 Å². The van der Waals surface area contributed by atoms with Crippen molar-refractivity contribution >= 4 is 33.7 Å². The topological polar surface area (TPSA) is 156 Å². The lowest BCUT2D eigenvalue weighted by molar-refractivity contribution is -0.634. The van der Waals surface area contributed by atoms with Gasteiger partial charge in [-0.3, -0.25) is 9.59 Å². The zero-order valence-electron chi connectivity index (χ0n) is 28.0. The van der Waals surface area contributed by atoms with E-state index in [2.05, 4.69) is 10.5 Å². The van der Waals surface area contributed by atoms with E-state index < -0.39 is 44.5 Å². The maximum Gasteiger partial charge on any atom is 0.355 e. The molecule has 2 saturated heterocycles. The third kappa shape index (κ3) is 4.94. The average Bonchev–Trinajstić information content (AvgIpc) is 3.34. The summed E-state index contributed by atoms with van der Waals surface area (Å²) in [5, 5.41) is 6.38. The number of hydrogen-bond donors (Lipinski definition) is 1. The van der Waals surface area contributed by atoms with E-state index in [1.807, 2.05) is 23.1 Å². The number of quaternary nitrogens is 1. The van der Waals surface area contributed by atoms with E-state index in [-0.39, 0.29) is 53.9 Å². The number of carbonyl (C=O) groups is 4. The Morgan fingerprint density at radius 1 is 0.980 bits per heavy atom. The second kappa shape index (κ2) is 12.1. The molecule has 0 bridgehead atoms. The Kier molecular flexibility index (Phi) is 7.95. The molecule has 4 aliphatic heterocycles. The number of aryl methyl sites for hydroxylation is 1. The summed E-state index contributed by atoms with van der Waals surface area (Å²) in [6.45, 7) is 2.52. The van der Waals surface area contributed by atoms with E-state index in [1.54, 1.807) is 38.2 Å². The van der Waals surface area contributed by atoms with Gasteiger partial charge in [-0.25, -0.2) is 18.0 Å². The standard InChI is InChI=1S/C36H39N5O8S/c1-21-30(18-38-49-21)50(46,47)39-16-15-23(19-39)48-29-13-7-8-22-14-17-40(34(43)25-10-4-3-9-24(25)33(42)37-2)32(31(22)29)28-20-41(28)35(44)26-11-5-6-12-27(26)36(41)45/h5-8,11-13,18,23-25,28,32H,3-4,9-10,14-17,19-20H2,1-2H3/p+1/t23-,24-,25+,28?,32+/m0/s1. The van der Waals surface area contributed by atoms with Crippen molar-refractivity contribution in [3.8, 4) is 5.75 Å². The highest BCUT2D eigenvalue weighted by molar-refractivity contribution is 7.89. The van der Waals surface area contributed by atoms with Crippen LogP contribution in [0.4, 0.5) is 0 Å². The minimum Gasteiger partial charge on any atom is -0.489 e. The van der Waals surface area contributed by atoms with E-state index in [0.717, 1.165) is 24.0 Å². The average molecular weight is 703 g/mol. The van der Waals surface area contributed by atoms with Crippen LogP contribution in [0.2, 0.25) is 0 Å². The van der Waals surface area contributed by atoms with Crippen LogP contribution in [0, 0.1) is 18.8 Å². The van der Waals surface area contributed by atoms with Crippen LogP contribution in [0.15, 0.2) is 58.1 Å². The van der Waals surface area contributed by atoms with E-state index in [9.17, 15) is 27.6 Å². The molecule has 4 amide bonds. The van der Waals surface area contributed by atoms with Gasteiger partial charge in [0.2, 0.25) is 21.8 Å². The van der Waals surface area contributed by atoms with Crippen molar-refractivity contribution in [1.29, 1.82) is 0 Å². The Bertz CT molecular complexity index is 1990. The predicted octanol–water partition coefficient (Wildman–Crippen LogP) is 3.00. The van der Waals surface area contributed by atoms with Gasteiger partial charge in [0, 0.05) is 37.5 Å². The van der Waals surface area contributed by atoms with E-state index >= 15 is 0 Å². The number of nitrogens with zero attached hydrogens (tertiary/aromatic N) is 4. The van der Waals surface area contributed by atoms with Gasteiger partial charge in [0.05, 0.1) is 23.9 Å². The van der Waals surface area contributed by atoms with Gasteiger partial charge in [-0.15, -0.1) is 0 Å². The van der Waals surface area contributed by atoms with Gasteiger partial charge >= 0.3 is 11.8 Å². The lowest BCUT2D eigenvalue weighted by Gasteiger charge is -2.41. The second-order valence-corrected chi connectivity index (χ2v) is 16.0. The highest BCUT2D eigenvalue weighted by Crippen LogP contribution is 2.53. The fourth-order valence-corrected chi connectivity index (χ4v) is 10.4. The predicted molar refractivity (Wildman–Crippen MR) is 177 cm³/mol. The van der Waals surface area contributed by atoms with Gasteiger partial charge in [-0.05, 0) is 56.4 Å². The summed E-state index contributed by atoms with van der Waals surface area (Å²) in [6, 6.07) is 11.3. The molecule has 3 fully saturated rings. The van der Waals surface area contributed by atoms with Crippen molar-refractivity contribution in [3.63, 3.8) is 0 Å². The molecule has 1 aromatic heterocycles. The summed E-state index contributed by atoms with van der Waals surface area (Å²) in [5.41, 5.74) is 2.47. The van der Waals surface area contributed by atoms with Crippen LogP contribution >= 0.6 is 0 Å². The third-order valence-corrected chi connectivity index (χ3v) is 13.4. The first-order chi connectivity index (χ1) is 24.1. The van der Waals surface area contributed by atoms with E-state index in [1.165, 1.54) is 10.5 Å². The van der Waals surface area contributed by atoms with Crippen molar-refractivity contribution in [3.05, 3.63) is 76.7 Å². The smallest absolute Gasteiger partial charge is 0.355 e. The molecule has 5 heterocycles. The number of carbonyl (C=O) groups excluding carboxylic acids is 4. The number of imide groups is 1. The Morgan fingerprint density at radius 2 is 1.70 bits per heavy atom. The molecule has 1 N–H and O–H groups in total. The molecule has 3 aromatic rings. The van der Waals surface area contributed by atoms with Gasteiger partial charge in [-0.1, -0.05) is 42.3 Å². The first-order valence-corrected chi connectivity index (χ1v) is 18.8. The molecule has 2 aromatic carbocycles. The largest absolute Gasteiger partial charge is 0.489 e. The summed E-state index contributed by atoms with van der Waals surface area (Å²) in [6.07, 6.45) is 4.57. The molecule has 1 saturated carbocycles. The van der Waals surface area contributed by atoms with Crippen LogP contribution in [0.25, 0.3) is 0 Å². The quantitative estimate of drug-likeness (QED) is 0.222. The maximum absolute atomic E-state index is 14.7. The summed E-state index contributed by atoms with van der Waals surface area (Å²) in [4.78, 5) is 57.6. The molecule has 5 atom stereocenters. The van der Waals surface area contributed by atoms with Crippen LogP contribution < -0.4 is 10.1 Å². The number of benzene rings is 2. The monoisotopic (exact) mass is 702 g/mol. The number of rotatable bonds is 7. The Morgan fingerprint density at radius 3 is 2.38 bits per heavy atom. The first kappa shape index (κ1) is 32.8. The van der Waals surface area contributed by atoms with E-state index in [0.29, 0.717) is 49.1 Å². The molecule has 50 heavy (non-hydrogen) atoms. The minimum absolute atomic E-state index is 0.0194. The molecule has 262 valence electrons. The number of nitrogens with one attached hydrogen (secondary N) is 1. The Labute approximate surface area is 290 Å². The maximum atomic E-state index is 14.7. The van der Waals surface area contributed by atoms with Crippen LogP contribution in [0.3, 0.4) is 0 Å². The first-order valence-electron chi connectivity index (χ1n) is 17.4. The van der Waals surface area contributed by atoms with Crippen molar-refractivity contribution in [2.24, 2.45) is 11.8 Å². The lowest BCUT2D eigenvalue weighted by atomic mass is 9.77. The zero-order chi connectivity index (χ0) is 34.9. The molecule has 5 aliphatic rings. The number of amides is 4. The van der Waals surface area contributed by atoms with Gasteiger partial charge in [-0.2, -0.15) is 8.79 Å². The number of hydrogen-bond acceptors (Lipinski definition) is 9. The molecule has 1 aliphatic carbocycles. The summed E-state index contributed by atoms with van der Waals surface area (Å²) >= 11 is 0. The van der Waals surface area contributed by atoms with Crippen molar-refractivity contribution in [2.75, 3.05) is 33.2 Å². The summed E-state index contributed by atoms with van der Waals surface area (Å²) in [7, 11) is -2.26. The molecular weight excluding hydrogens is 662 g/mol. The number of sulfonamides is 1. The highest BCUT2D eigenvalue weighted by Gasteiger charge is 2.75. The van der Waals surface area contributed by atoms with Crippen LogP contribution in [-0.4, -0.2) is 96.3 Å². The molecule has 8 rings (SSSR count). The molecule has 1 unspecified atom stereocenters. The van der Waals surface area contributed by atoms with Crippen LogP contribution in [-0.2, 0) is 26.0 Å². The van der Waals surface area contributed by atoms with Gasteiger partial charge in [0.15, 0.2) is 11.8 Å². The Balaban J connectivity index is 1.16.